The molecule has 1 heterocycles. The van der Waals surface area contributed by atoms with E-state index in [2.05, 4.69) is 6.07 Å². The molecule has 1 fully saturated rings. The van der Waals surface area contributed by atoms with Crippen LogP contribution in [0.5, 0.6) is 0 Å². The van der Waals surface area contributed by atoms with Crippen molar-refractivity contribution in [2.75, 3.05) is 19.8 Å². The van der Waals surface area contributed by atoms with Gasteiger partial charge in [0, 0.05) is 6.54 Å². The predicted molar refractivity (Wildman–Crippen MR) is 76.1 cm³/mol. The molecule has 1 saturated heterocycles. The number of carboxylic acid groups (broad SMARTS) is 1. The van der Waals surface area contributed by atoms with Crippen LogP contribution in [0.3, 0.4) is 0 Å². The van der Waals surface area contributed by atoms with E-state index < -0.39 is 12.0 Å². The topological polar surface area (TPSA) is 66.8 Å². The second kappa shape index (κ2) is 5.85. The molecular weight excluding hydrogens is 270 g/mol. The number of morpholine rings is 1. The maximum atomic E-state index is 12.8. The van der Waals surface area contributed by atoms with E-state index in [4.69, 9.17) is 4.74 Å². The minimum absolute atomic E-state index is 0.0714. The second-order valence-electron chi connectivity index (χ2n) is 5.60. The number of aliphatic carboxylic acids is 1. The van der Waals surface area contributed by atoms with E-state index in [0.717, 1.165) is 24.8 Å². The number of carboxylic acids is 1. The van der Waals surface area contributed by atoms with Gasteiger partial charge in [0.1, 0.15) is 0 Å². The number of benzene rings is 1. The summed E-state index contributed by atoms with van der Waals surface area (Å²) in [4.78, 5) is 25.6. The van der Waals surface area contributed by atoms with Gasteiger partial charge in [0.25, 0.3) is 0 Å². The normalized spacial score (nSPS) is 25.2. The molecule has 1 aromatic carbocycles. The highest BCUT2D eigenvalue weighted by Crippen LogP contribution is 2.33. The SMILES string of the molecule is O=C(O)C1COCCN1C(=O)C1CCCc2ccccc21. The Bertz CT molecular complexity index is 557. The zero-order valence-corrected chi connectivity index (χ0v) is 11.8. The van der Waals surface area contributed by atoms with Crippen LogP contribution in [0.1, 0.15) is 29.9 Å². The van der Waals surface area contributed by atoms with Crippen molar-refractivity contribution in [2.24, 2.45) is 0 Å². The summed E-state index contributed by atoms with van der Waals surface area (Å²) < 4.78 is 5.21. The van der Waals surface area contributed by atoms with Crippen molar-refractivity contribution in [3.8, 4) is 0 Å². The van der Waals surface area contributed by atoms with Gasteiger partial charge in [-0.3, -0.25) is 4.79 Å². The fourth-order valence-electron chi connectivity index (χ4n) is 3.28. The van der Waals surface area contributed by atoms with Gasteiger partial charge in [-0.15, -0.1) is 0 Å². The standard InChI is InChI=1S/C16H19NO4/c18-15(17-8-9-21-10-14(17)16(19)20)13-7-3-5-11-4-1-2-6-12(11)13/h1-2,4,6,13-14H,3,5,7-10H2,(H,19,20). The van der Waals surface area contributed by atoms with Crippen LogP contribution in [-0.4, -0.2) is 47.7 Å². The van der Waals surface area contributed by atoms with Crippen LogP contribution in [0, 0.1) is 0 Å². The van der Waals surface area contributed by atoms with Crippen LogP contribution in [0.4, 0.5) is 0 Å². The summed E-state index contributed by atoms with van der Waals surface area (Å²) in [5.41, 5.74) is 2.27. The van der Waals surface area contributed by atoms with E-state index >= 15 is 0 Å². The fourth-order valence-corrected chi connectivity index (χ4v) is 3.28. The lowest BCUT2D eigenvalue weighted by Gasteiger charge is -2.36. The first-order chi connectivity index (χ1) is 10.2. The number of amides is 1. The van der Waals surface area contributed by atoms with Gasteiger partial charge in [-0.25, -0.2) is 4.79 Å². The smallest absolute Gasteiger partial charge is 0.328 e. The van der Waals surface area contributed by atoms with Crippen molar-refractivity contribution in [3.05, 3.63) is 35.4 Å². The summed E-state index contributed by atoms with van der Waals surface area (Å²) in [5, 5.41) is 9.28. The maximum absolute atomic E-state index is 12.8. The van der Waals surface area contributed by atoms with E-state index in [0.29, 0.717) is 13.2 Å². The average Bonchev–Trinajstić information content (AvgIpc) is 2.53. The van der Waals surface area contributed by atoms with E-state index in [1.54, 1.807) is 0 Å². The highest BCUT2D eigenvalue weighted by Gasteiger charge is 2.37. The number of hydrogen-bond donors (Lipinski definition) is 1. The third-order valence-corrected chi connectivity index (χ3v) is 4.36. The number of nitrogens with zero attached hydrogens (tertiary/aromatic N) is 1. The first-order valence-electron chi connectivity index (χ1n) is 7.37. The van der Waals surface area contributed by atoms with Crippen LogP contribution in [0.25, 0.3) is 0 Å². The third kappa shape index (κ3) is 2.65. The van der Waals surface area contributed by atoms with Gasteiger partial charge < -0.3 is 14.7 Å². The lowest BCUT2D eigenvalue weighted by atomic mass is 9.82. The Morgan fingerprint density at radius 3 is 2.90 bits per heavy atom. The molecule has 0 spiro atoms. The lowest BCUT2D eigenvalue weighted by Crippen LogP contribution is -2.54. The molecule has 0 saturated carbocycles. The summed E-state index contributed by atoms with van der Waals surface area (Å²) in [6.07, 6.45) is 2.75. The maximum Gasteiger partial charge on any atom is 0.328 e. The highest BCUT2D eigenvalue weighted by atomic mass is 16.5. The number of aryl methyl sites for hydroxylation is 1. The van der Waals surface area contributed by atoms with Gasteiger partial charge in [0.2, 0.25) is 5.91 Å². The van der Waals surface area contributed by atoms with Gasteiger partial charge >= 0.3 is 5.97 Å². The number of carbonyl (C=O) groups excluding carboxylic acids is 1. The van der Waals surface area contributed by atoms with Crippen LogP contribution >= 0.6 is 0 Å². The monoisotopic (exact) mass is 289 g/mol. The molecule has 1 aliphatic heterocycles. The quantitative estimate of drug-likeness (QED) is 0.894. The highest BCUT2D eigenvalue weighted by molar-refractivity contribution is 5.89. The first kappa shape index (κ1) is 14.1. The molecule has 112 valence electrons. The first-order valence-corrected chi connectivity index (χ1v) is 7.37. The van der Waals surface area contributed by atoms with Crippen molar-refractivity contribution >= 4 is 11.9 Å². The average molecular weight is 289 g/mol. The summed E-state index contributed by atoms with van der Waals surface area (Å²) in [6.45, 7) is 0.841. The van der Waals surface area contributed by atoms with Crippen LogP contribution in [0.2, 0.25) is 0 Å². The van der Waals surface area contributed by atoms with E-state index in [1.165, 1.54) is 10.5 Å². The molecule has 1 aliphatic carbocycles. The van der Waals surface area contributed by atoms with E-state index in [9.17, 15) is 14.7 Å². The van der Waals surface area contributed by atoms with Gasteiger partial charge in [-0.05, 0) is 30.4 Å². The number of fused-ring (bicyclic) bond motifs is 1. The molecule has 0 bridgehead atoms. The molecule has 1 aromatic rings. The third-order valence-electron chi connectivity index (χ3n) is 4.36. The summed E-state index contributed by atoms with van der Waals surface area (Å²) in [5.74, 6) is -1.28. The minimum Gasteiger partial charge on any atom is -0.480 e. The van der Waals surface area contributed by atoms with E-state index in [-0.39, 0.29) is 18.4 Å². The number of ether oxygens (including phenoxy) is 1. The Labute approximate surface area is 123 Å². The molecule has 21 heavy (non-hydrogen) atoms. The Morgan fingerprint density at radius 1 is 1.29 bits per heavy atom. The molecule has 0 radical (unpaired) electrons. The van der Waals surface area contributed by atoms with Gasteiger partial charge in [-0.2, -0.15) is 0 Å². The van der Waals surface area contributed by atoms with Gasteiger partial charge in [-0.1, -0.05) is 24.3 Å². The van der Waals surface area contributed by atoms with E-state index in [1.807, 2.05) is 18.2 Å². The predicted octanol–water partition coefficient (Wildman–Crippen LogP) is 1.42. The largest absolute Gasteiger partial charge is 0.480 e. The summed E-state index contributed by atoms with van der Waals surface area (Å²) in [6, 6.07) is 7.12. The van der Waals surface area contributed by atoms with Crippen molar-refractivity contribution in [3.63, 3.8) is 0 Å². The molecular formula is C16H19NO4. The second-order valence-corrected chi connectivity index (χ2v) is 5.60. The Hall–Kier alpha value is -1.88. The number of hydrogen-bond acceptors (Lipinski definition) is 3. The molecule has 2 unspecified atom stereocenters. The molecule has 0 aromatic heterocycles. The molecule has 1 N–H and O–H groups in total. The van der Waals surface area contributed by atoms with Crippen molar-refractivity contribution in [1.82, 2.24) is 4.90 Å². The molecule has 2 aliphatic rings. The van der Waals surface area contributed by atoms with Crippen molar-refractivity contribution in [2.45, 2.75) is 31.2 Å². The Kier molecular flexibility index (Phi) is 3.92. The number of rotatable bonds is 2. The fraction of sp³-hybridized carbons (Fsp3) is 0.500. The van der Waals surface area contributed by atoms with Crippen molar-refractivity contribution < 1.29 is 19.4 Å². The van der Waals surface area contributed by atoms with Crippen molar-refractivity contribution in [1.29, 1.82) is 0 Å². The van der Waals surface area contributed by atoms with Crippen LogP contribution in [-0.2, 0) is 20.7 Å². The Balaban J connectivity index is 1.86. The summed E-state index contributed by atoms with van der Waals surface area (Å²) >= 11 is 0. The zero-order valence-electron chi connectivity index (χ0n) is 11.8. The lowest BCUT2D eigenvalue weighted by molar-refractivity contribution is -0.159. The molecule has 5 heteroatoms. The molecule has 2 atom stereocenters. The Morgan fingerprint density at radius 2 is 2.10 bits per heavy atom. The van der Waals surface area contributed by atoms with Crippen LogP contribution < -0.4 is 0 Å². The molecule has 3 rings (SSSR count). The summed E-state index contributed by atoms with van der Waals surface area (Å²) in [7, 11) is 0. The van der Waals surface area contributed by atoms with Gasteiger partial charge in [0.15, 0.2) is 6.04 Å². The molecule has 5 nitrogen and oxygen atoms in total. The molecule has 1 amide bonds. The van der Waals surface area contributed by atoms with Crippen LogP contribution in [0.15, 0.2) is 24.3 Å². The zero-order chi connectivity index (χ0) is 14.8. The number of carbonyl (C=O) groups is 2. The minimum atomic E-state index is -0.993. The van der Waals surface area contributed by atoms with Gasteiger partial charge in [0.05, 0.1) is 19.1 Å².